The highest BCUT2D eigenvalue weighted by atomic mass is 19.1. The molecule has 6 N–H and O–H groups in total. The SMILES string of the molecule is CN(C)C(=O)c1ccc(F)c(Nc2nc(NC3CCCCC3N)cnc2C(N)=O)c1. The van der Waals surface area contributed by atoms with Crippen molar-refractivity contribution >= 4 is 29.1 Å². The molecule has 0 aliphatic heterocycles. The Labute approximate surface area is 174 Å². The predicted molar refractivity (Wildman–Crippen MR) is 112 cm³/mol. The minimum Gasteiger partial charge on any atom is -0.364 e. The molecule has 10 heteroatoms. The van der Waals surface area contributed by atoms with E-state index in [0.29, 0.717) is 5.82 Å². The average Bonchev–Trinajstić information content (AvgIpc) is 2.70. The zero-order valence-electron chi connectivity index (χ0n) is 17.0. The van der Waals surface area contributed by atoms with Gasteiger partial charge in [0.1, 0.15) is 11.6 Å². The van der Waals surface area contributed by atoms with Crippen molar-refractivity contribution in [2.75, 3.05) is 24.7 Å². The van der Waals surface area contributed by atoms with Gasteiger partial charge < -0.3 is 27.0 Å². The minimum absolute atomic E-state index is 0.00904. The van der Waals surface area contributed by atoms with Crippen LogP contribution in [-0.2, 0) is 0 Å². The van der Waals surface area contributed by atoms with Crippen LogP contribution in [0.25, 0.3) is 0 Å². The third kappa shape index (κ3) is 4.82. The van der Waals surface area contributed by atoms with Crippen LogP contribution in [0.3, 0.4) is 0 Å². The second-order valence-corrected chi connectivity index (χ2v) is 7.54. The van der Waals surface area contributed by atoms with Crippen LogP contribution >= 0.6 is 0 Å². The maximum Gasteiger partial charge on any atom is 0.271 e. The molecule has 30 heavy (non-hydrogen) atoms. The summed E-state index contributed by atoms with van der Waals surface area (Å²) >= 11 is 0. The number of amides is 2. The van der Waals surface area contributed by atoms with Crippen molar-refractivity contribution in [1.82, 2.24) is 14.9 Å². The molecule has 160 valence electrons. The van der Waals surface area contributed by atoms with Gasteiger partial charge in [0.25, 0.3) is 11.8 Å². The molecule has 1 aliphatic rings. The predicted octanol–water partition coefficient (Wildman–Crippen LogP) is 1.84. The average molecular weight is 415 g/mol. The highest BCUT2D eigenvalue weighted by Crippen LogP contribution is 2.25. The van der Waals surface area contributed by atoms with Gasteiger partial charge in [0, 0.05) is 31.7 Å². The Morgan fingerprint density at radius 3 is 2.63 bits per heavy atom. The Kier molecular flexibility index (Phi) is 6.46. The molecule has 1 saturated carbocycles. The molecule has 1 fully saturated rings. The molecule has 1 heterocycles. The number of primary amides is 1. The number of carbonyl (C=O) groups excluding carboxylic acids is 2. The van der Waals surface area contributed by atoms with Gasteiger partial charge in [0.2, 0.25) is 0 Å². The van der Waals surface area contributed by atoms with Crippen LogP contribution in [0.1, 0.15) is 46.5 Å². The van der Waals surface area contributed by atoms with Gasteiger partial charge in [0.05, 0.1) is 11.9 Å². The molecule has 2 aromatic rings. The number of anilines is 3. The van der Waals surface area contributed by atoms with Gasteiger partial charge >= 0.3 is 0 Å². The number of rotatable bonds is 6. The van der Waals surface area contributed by atoms with Gasteiger partial charge in [0.15, 0.2) is 11.5 Å². The molecular formula is C20H26FN7O2. The van der Waals surface area contributed by atoms with E-state index >= 15 is 0 Å². The maximum absolute atomic E-state index is 14.4. The molecule has 2 amide bonds. The van der Waals surface area contributed by atoms with E-state index in [1.807, 2.05) is 0 Å². The Hall–Kier alpha value is -3.27. The monoisotopic (exact) mass is 415 g/mol. The third-order valence-electron chi connectivity index (χ3n) is 5.03. The summed E-state index contributed by atoms with van der Waals surface area (Å²) in [6.07, 6.45) is 5.34. The van der Waals surface area contributed by atoms with E-state index in [1.165, 1.54) is 29.3 Å². The zero-order chi connectivity index (χ0) is 21.8. The third-order valence-corrected chi connectivity index (χ3v) is 5.03. The molecule has 1 aliphatic carbocycles. The lowest BCUT2D eigenvalue weighted by atomic mass is 9.91. The van der Waals surface area contributed by atoms with Gasteiger partial charge in [-0.05, 0) is 31.0 Å². The fraction of sp³-hybridized carbons (Fsp3) is 0.400. The van der Waals surface area contributed by atoms with E-state index in [2.05, 4.69) is 20.6 Å². The van der Waals surface area contributed by atoms with Crippen LogP contribution < -0.4 is 22.1 Å². The van der Waals surface area contributed by atoms with Crippen molar-refractivity contribution in [2.45, 2.75) is 37.8 Å². The molecule has 3 rings (SSSR count). The molecule has 1 aromatic carbocycles. The molecule has 1 aromatic heterocycles. The molecule has 0 bridgehead atoms. The smallest absolute Gasteiger partial charge is 0.271 e. The number of nitrogens with one attached hydrogen (secondary N) is 2. The van der Waals surface area contributed by atoms with Crippen molar-refractivity contribution in [1.29, 1.82) is 0 Å². The lowest BCUT2D eigenvalue weighted by Crippen LogP contribution is -2.42. The molecule has 9 nitrogen and oxygen atoms in total. The van der Waals surface area contributed by atoms with Crippen molar-refractivity contribution in [3.63, 3.8) is 0 Å². The Balaban J connectivity index is 1.91. The van der Waals surface area contributed by atoms with Crippen molar-refractivity contribution in [3.8, 4) is 0 Å². The molecule has 0 saturated heterocycles. The normalized spacial score (nSPS) is 18.5. The lowest BCUT2D eigenvalue weighted by Gasteiger charge is -2.29. The van der Waals surface area contributed by atoms with Crippen LogP contribution in [-0.4, -0.2) is 52.9 Å². The number of hydrogen-bond acceptors (Lipinski definition) is 7. The standard InChI is InChI=1S/C20H26FN7O2/c1-28(2)20(30)11-7-8-12(21)15(9-11)26-19-17(18(23)29)24-10-16(27-19)25-14-6-4-3-5-13(14)22/h7-10,13-14H,3-6,22H2,1-2H3,(H2,23,29)(H2,25,26,27). The van der Waals surface area contributed by atoms with Crippen LogP contribution in [0, 0.1) is 5.82 Å². The first-order valence-corrected chi connectivity index (χ1v) is 9.73. The number of aromatic nitrogens is 2. The van der Waals surface area contributed by atoms with E-state index in [-0.39, 0.29) is 40.8 Å². The van der Waals surface area contributed by atoms with Crippen LogP contribution in [0.15, 0.2) is 24.4 Å². The second kappa shape index (κ2) is 9.04. The summed E-state index contributed by atoms with van der Waals surface area (Å²) in [5.74, 6) is -1.33. The zero-order valence-corrected chi connectivity index (χ0v) is 17.0. The van der Waals surface area contributed by atoms with Crippen molar-refractivity contribution in [3.05, 3.63) is 41.5 Å². The fourth-order valence-electron chi connectivity index (χ4n) is 3.39. The maximum atomic E-state index is 14.4. The number of nitrogens with two attached hydrogens (primary N) is 2. The van der Waals surface area contributed by atoms with E-state index in [1.54, 1.807) is 14.1 Å². The summed E-state index contributed by atoms with van der Waals surface area (Å²) < 4.78 is 14.4. The largest absolute Gasteiger partial charge is 0.364 e. The first-order chi connectivity index (χ1) is 14.3. The topological polar surface area (TPSA) is 139 Å². The Bertz CT molecular complexity index is 951. The summed E-state index contributed by atoms with van der Waals surface area (Å²) in [5.41, 5.74) is 11.7. The van der Waals surface area contributed by atoms with E-state index < -0.39 is 11.7 Å². The number of benzene rings is 1. The van der Waals surface area contributed by atoms with Crippen LogP contribution in [0.4, 0.5) is 21.7 Å². The van der Waals surface area contributed by atoms with Gasteiger partial charge in [-0.15, -0.1) is 0 Å². The minimum atomic E-state index is -0.813. The van der Waals surface area contributed by atoms with Gasteiger partial charge in [-0.1, -0.05) is 12.8 Å². The number of nitrogens with zero attached hydrogens (tertiary/aromatic N) is 3. The van der Waals surface area contributed by atoms with Crippen LogP contribution in [0.2, 0.25) is 0 Å². The summed E-state index contributed by atoms with van der Waals surface area (Å²) in [6.45, 7) is 0. The highest BCUT2D eigenvalue weighted by Gasteiger charge is 2.23. The van der Waals surface area contributed by atoms with Gasteiger partial charge in [-0.25, -0.2) is 14.4 Å². The van der Waals surface area contributed by atoms with Gasteiger partial charge in [-0.3, -0.25) is 9.59 Å². The molecule has 0 spiro atoms. The Morgan fingerprint density at radius 2 is 1.97 bits per heavy atom. The van der Waals surface area contributed by atoms with Crippen molar-refractivity contribution < 1.29 is 14.0 Å². The molecular weight excluding hydrogens is 389 g/mol. The summed E-state index contributed by atoms with van der Waals surface area (Å²) in [4.78, 5) is 33.8. The van der Waals surface area contributed by atoms with E-state index in [0.717, 1.165) is 25.7 Å². The second-order valence-electron chi connectivity index (χ2n) is 7.54. The van der Waals surface area contributed by atoms with E-state index in [9.17, 15) is 14.0 Å². The Morgan fingerprint density at radius 1 is 1.23 bits per heavy atom. The molecule has 2 atom stereocenters. The summed E-state index contributed by atoms with van der Waals surface area (Å²) in [5, 5.41) is 5.99. The number of hydrogen-bond donors (Lipinski definition) is 4. The molecule has 0 radical (unpaired) electrons. The van der Waals surface area contributed by atoms with E-state index in [4.69, 9.17) is 11.5 Å². The quantitative estimate of drug-likeness (QED) is 0.564. The number of carbonyl (C=O) groups is 2. The van der Waals surface area contributed by atoms with Crippen molar-refractivity contribution in [2.24, 2.45) is 11.5 Å². The first kappa shape index (κ1) is 21.4. The van der Waals surface area contributed by atoms with Crippen LogP contribution in [0.5, 0.6) is 0 Å². The molecule has 2 unspecified atom stereocenters. The first-order valence-electron chi connectivity index (χ1n) is 9.73. The van der Waals surface area contributed by atoms with Gasteiger partial charge in [-0.2, -0.15) is 0 Å². The lowest BCUT2D eigenvalue weighted by molar-refractivity contribution is 0.0827. The summed E-state index contributed by atoms with van der Waals surface area (Å²) in [7, 11) is 3.20. The summed E-state index contributed by atoms with van der Waals surface area (Å²) in [6, 6.07) is 3.91. The highest BCUT2D eigenvalue weighted by molar-refractivity contribution is 5.97. The number of halogens is 1. The fourth-order valence-corrected chi connectivity index (χ4v) is 3.39.